The highest BCUT2D eigenvalue weighted by atomic mass is 16.5. The zero-order chi connectivity index (χ0) is 17.1. The number of carbonyl (C=O) groups is 1. The smallest absolute Gasteiger partial charge is 0.306 e. The number of pyridine rings is 1. The number of rotatable bonds is 4. The molecule has 1 atom stereocenters. The van der Waals surface area contributed by atoms with Gasteiger partial charge in [-0.05, 0) is 30.9 Å². The Morgan fingerprint density at radius 1 is 1.38 bits per heavy atom. The van der Waals surface area contributed by atoms with Crippen molar-refractivity contribution in [2.24, 2.45) is 5.92 Å². The van der Waals surface area contributed by atoms with E-state index in [1.165, 1.54) is 17.9 Å². The number of ether oxygens (including phenoxy) is 1. The molecule has 3 rings (SSSR count). The van der Waals surface area contributed by atoms with Crippen molar-refractivity contribution >= 4 is 11.6 Å². The van der Waals surface area contributed by atoms with Crippen LogP contribution < -0.4 is 5.56 Å². The molecule has 128 valence electrons. The van der Waals surface area contributed by atoms with Gasteiger partial charge in [0.2, 0.25) is 5.88 Å². The molecule has 0 radical (unpaired) electrons. The fraction of sp³-hybridized carbons (Fsp3) is 0.500. The Kier molecular flexibility index (Phi) is 4.83. The first-order valence-corrected chi connectivity index (χ1v) is 8.39. The van der Waals surface area contributed by atoms with Gasteiger partial charge in [0.05, 0.1) is 19.1 Å². The molecule has 0 bridgehead atoms. The molecule has 0 aromatic carbocycles. The molecule has 2 aromatic heterocycles. The topological polar surface area (TPSA) is 80.9 Å². The zero-order valence-electron chi connectivity index (χ0n) is 13.8. The van der Waals surface area contributed by atoms with E-state index < -0.39 is 0 Å². The highest BCUT2D eigenvalue weighted by Gasteiger charge is 2.32. The minimum absolute atomic E-state index is 0.0878. The second-order valence-corrected chi connectivity index (χ2v) is 6.37. The van der Waals surface area contributed by atoms with Crippen molar-refractivity contribution in [3.05, 3.63) is 40.3 Å². The summed E-state index contributed by atoms with van der Waals surface area (Å²) >= 11 is 0. The molecule has 1 N–H and O–H groups in total. The molecule has 0 aliphatic heterocycles. The first kappa shape index (κ1) is 16.5. The van der Waals surface area contributed by atoms with Crippen molar-refractivity contribution in [3.63, 3.8) is 0 Å². The third-order valence-electron chi connectivity index (χ3n) is 4.95. The average Bonchev–Trinajstić information content (AvgIpc) is 2.61. The van der Waals surface area contributed by atoms with Crippen LogP contribution in [-0.2, 0) is 9.53 Å². The number of hydrogen-bond acceptors (Lipinski definition) is 5. The Morgan fingerprint density at radius 2 is 2.12 bits per heavy atom. The highest BCUT2D eigenvalue weighted by molar-refractivity contribution is 5.70. The standard InChI is InChI=1S/C18H22N2O4/c1-24-15(21)11-13(12-7-3-2-4-8-12)16-17(22)19-14-9-5-6-10-20(14)18(16)23/h5-6,9-10,12-13,22H,2-4,7-8,11H2,1H3/t13-/m1/s1. The summed E-state index contributed by atoms with van der Waals surface area (Å²) in [5, 5.41) is 10.4. The van der Waals surface area contributed by atoms with Crippen molar-refractivity contribution < 1.29 is 14.6 Å². The van der Waals surface area contributed by atoms with Gasteiger partial charge in [-0.25, -0.2) is 0 Å². The number of nitrogens with zero attached hydrogens (tertiary/aromatic N) is 2. The van der Waals surface area contributed by atoms with E-state index >= 15 is 0 Å². The Labute approximate surface area is 140 Å². The Bertz CT molecular complexity index is 793. The van der Waals surface area contributed by atoms with Gasteiger partial charge in [0.25, 0.3) is 5.56 Å². The van der Waals surface area contributed by atoms with E-state index in [0.717, 1.165) is 25.7 Å². The van der Waals surface area contributed by atoms with E-state index in [1.807, 2.05) is 0 Å². The quantitative estimate of drug-likeness (QED) is 0.872. The van der Waals surface area contributed by atoms with E-state index in [9.17, 15) is 14.7 Å². The maximum absolute atomic E-state index is 12.9. The molecule has 0 amide bonds. The van der Waals surface area contributed by atoms with Crippen LogP contribution in [0.2, 0.25) is 0 Å². The fourth-order valence-electron chi connectivity index (χ4n) is 3.72. The third kappa shape index (κ3) is 3.13. The zero-order valence-corrected chi connectivity index (χ0v) is 13.8. The lowest BCUT2D eigenvalue weighted by Gasteiger charge is -2.29. The number of hydrogen-bond donors (Lipinski definition) is 1. The van der Waals surface area contributed by atoms with Gasteiger partial charge in [0, 0.05) is 12.1 Å². The van der Waals surface area contributed by atoms with Crippen molar-refractivity contribution in [1.82, 2.24) is 9.38 Å². The van der Waals surface area contributed by atoms with Gasteiger partial charge in [0.15, 0.2) is 0 Å². The number of carbonyl (C=O) groups excluding carboxylic acids is 1. The van der Waals surface area contributed by atoms with Gasteiger partial charge in [-0.3, -0.25) is 14.0 Å². The molecule has 2 heterocycles. The normalized spacial score (nSPS) is 16.9. The van der Waals surface area contributed by atoms with Crippen LogP contribution in [0, 0.1) is 5.92 Å². The first-order chi connectivity index (χ1) is 11.6. The van der Waals surface area contributed by atoms with E-state index in [-0.39, 0.29) is 41.2 Å². The maximum Gasteiger partial charge on any atom is 0.306 e. The van der Waals surface area contributed by atoms with E-state index in [2.05, 4.69) is 4.98 Å². The van der Waals surface area contributed by atoms with Crippen LogP contribution >= 0.6 is 0 Å². The van der Waals surface area contributed by atoms with E-state index in [1.54, 1.807) is 24.4 Å². The molecule has 2 aromatic rings. The summed E-state index contributed by atoms with van der Waals surface area (Å²) in [6.45, 7) is 0. The van der Waals surface area contributed by atoms with Crippen LogP contribution in [0.5, 0.6) is 5.88 Å². The first-order valence-electron chi connectivity index (χ1n) is 8.39. The summed E-state index contributed by atoms with van der Waals surface area (Å²) in [7, 11) is 1.34. The summed E-state index contributed by atoms with van der Waals surface area (Å²) in [6, 6.07) is 5.17. The predicted octanol–water partition coefficient (Wildman–Crippen LogP) is 2.63. The largest absolute Gasteiger partial charge is 0.493 e. The molecule has 6 nitrogen and oxygen atoms in total. The van der Waals surface area contributed by atoms with Gasteiger partial charge in [0.1, 0.15) is 5.65 Å². The molecular formula is C18H22N2O4. The molecule has 0 spiro atoms. The molecule has 24 heavy (non-hydrogen) atoms. The number of esters is 1. The van der Waals surface area contributed by atoms with Crippen LogP contribution in [0.25, 0.3) is 5.65 Å². The summed E-state index contributed by atoms with van der Waals surface area (Å²) in [5.41, 5.74) is 0.317. The summed E-state index contributed by atoms with van der Waals surface area (Å²) in [4.78, 5) is 29.0. The second kappa shape index (κ2) is 7.03. The Balaban J connectivity index is 2.10. The predicted molar refractivity (Wildman–Crippen MR) is 89.1 cm³/mol. The van der Waals surface area contributed by atoms with Gasteiger partial charge >= 0.3 is 5.97 Å². The maximum atomic E-state index is 12.9. The minimum Gasteiger partial charge on any atom is -0.493 e. The Morgan fingerprint density at radius 3 is 2.83 bits per heavy atom. The van der Waals surface area contributed by atoms with Crippen LogP contribution in [0.3, 0.4) is 0 Å². The van der Waals surface area contributed by atoms with Crippen molar-refractivity contribution in [2.45, 2.75) is 44.4 Å². The Hall–Kier alpha value is -2.37. The minimum atomic E-state index is -0.373. The molecule has 6 heteroatoms. The summed E-state index contributed by atoms with van der Waals surface area (Å²) in [5.74, 6) is -0.830. The van der Waals surface area contributed by atoms with Gasteiger partial charge in [-0.2, -0.15) is 4.98 Å². The molecular weight excluding hydrogens is 308 g/mol. The van der Waals surface area contributed by atoms with Crippen molar-refractivity contribution in [1.29, 1.82) is 0 Å². The summed E-state index contributed by atoms with van der Waals surface area (Å²) in [6.07, 6.45) is 6.92. The third-order valence-corrected chi connectivity index (χ3v) is 4.95. The number of aromatic hydroxyl groups is 1. The van der Waals surface area contributed by atoms with Crippen LogP contribution in [0.4, 0.5) is 0 Å². The van der Waals surface area contributed by atoms with Gasteiger partial charge < -0.3 is 9.84 Å². The molecule has 0 unspecified atom stereocenters. The number of methoxy groups -OCH3 is 1. The fourth-order valence-corrected chi connectivity index (χ4v) is 3.72. The summed E-state index contributed by atoms with van der Waals surface area (Å²) < 4.78 is 6.23. The number of aromatic nitrogens is 2. The molecule has 0 saturated heterocycles. The molecule has 1 fully saturated rings. The van der Waals surface area contributed by atoms with Gasteiger partial charge in [-0.15, -0.1) is 0 Å². The lowest BCUT2D eigenvalue weighted by Crippen LogP contribution is -2.28. The van der Waals surface area contributed by atoms with E-state index in [0.29, 0.717) is 5.65 Å². The monoisotopic (exact) mass is 330 g/mol. The van der Waals surface area contributed by atoms with Crippen molar-refractivity contribution in [2.75, 3.05) is 7.11 Å². The molecule has 1 aliphatic rings. The highest BCUT2D eigenvalue weighted by Crippen LogP contribution is 2.39. The SMILES string of the molecule is COC(=O)C[C@@H](c1c(O)nc2ccccn2c1=O)C1CCCCC1. The van der Waals surface area contributed by atoms with E-state index in [4.69, 9.17) is 4.74 Å². The molecule has 1 aliphatic carbocycles. The lowest BCUT2D eigenvalue weighted by molar-refractivity contribution is -0.141. The van der Waals surface area contributed by atoms with Crippen LogP contribution in [0.1, 0.15) is 50.0 Å². The lowest BCUT2D eigenvalue weighted by atomic mass is 9.75. The molecule has 1 saturated carbocycles. The second-order valence-electron chi connectivity index (χ2n) is 6.37. The van der Waals surface area contributed by atoms with Crippen LogP contribution in [0.15, 0.2) is 29.2 Å². The van der Waals surface area contributed by atoms with Gasteiger partial charge in [-0.1, -0.05) is 25.3 Å². The van der Waals surface area contributed by atoms with Crippen molar-refractivity contribution in [3.8, 4) is 5.88 Å². The number of fused-ring (bicyclic) bond motifs is 1. The average molecular weight is 330 g/mol. The van der Waals surface area contributed by atoms with Crippen LogP contribution in [-0.4, -0.2) is 27.6 Å².